The van der Waals surface area contributed by atoms with Gasteiger partial charge in [0.2, 0.25) is 0 Å². The van der Waals surface area contributed by atoms with E-state index >= 15 is 0 Å². The highest BCUT2D eigenvalue weighted by Crippen LogP contribution is 2.36. The van der Waals surface area contributed by atoms with E-state index in [2.05, 4.69) is 36.8 Å². The first-order valence-electron chi connectivity index (χ1n) is 11.7. The van der Waals surface area contributed by atoms with Crippen LogP contribution in [0.2, 0.25) is 0 Å². The fourth-order valence-electron chi connectivity index (χ4n) is 5.34. The summed E-state index contributed by atoms with van der Waals surface area (Å²) in [7, 11) is 1.46. The molecule has 2 fully saturated rings. The van der Waals surface area contributed by atoms with Crippen molar-refractivity contribution in [3.8, 4) is 0 Å². The van der Waals surface area contributed by atoms with Crippen LogP contribution in [0.1, 0.15) is 44.2 Å². The third-order valence-corrected chi connectivity index (χ3v) is 6.83. The predicted octanol–water partition coefficient (Wildman–Crippen LogP) is 3.77. The van der Waals surface area contributed by atoms with Gasteiger partial charge in [0, 0.05) is 54.1 Å². The minimum absolute atomic E-state index is 0.132. The van der Waals surface area contributed by atoms with Gasteiger partial charge in [0.15, 0.2) is 5.82 Å². The Kier molecular flexibility index (Phi) is 6.13. The Morgan fingerprint density at radius 1 is 1.24 bits per heavy atom. The molecular formula is C24H31N7O2. The van der Waals surface area contributed by atoms with Crippen LogP contribution in [0.15, 0.2) is 30.5 Å². The van der Waals surface area contributed by atoms with Gasteiger partial charge >= 0.3 is 5.97 Å². The number of nitrogens with one attached hydrogen (secondary N) is 3. The number of esters is 1. The molecule has 3 aromatic rings. The van der Waals surface area contributed by atoms with E-state index in [1.807, 2.05) is 25.1 Å². The molecule has 0 aliphatic carbocycles. The lowest BCUT2D eigenvalue weighted by molar-refractivity contribution is -0.141. The van der Waals surface area contributed by atoms with Gasteiger partial charge < -0.3 is 15.4 Å². The Hall–Kier alpha value is -3.20. The molecule has 33 heavy (non-hydrogen) atoms. The second-order valence-electron chi connectivity index (χ2n) is 9.10. The Labute approximate surface area is 193 Å². The first-order chi connectivity index (χ1) is 16.1. The van der Waals surface area contributed by atoms with Crippen LogP contribution in [0.25, 0.3) is 10.9 Å². The maximum atomic E-state index is 11.7. The molecular weight excluding hydrogens is 418 g/mol. The number of nitrogens with zero attached hydrogens (tertiary/aromatic N) is 4. The lowest BCUT2D eigenvalue weighted by atomic mass is 9.81. The van der Waals surface area contributed by atoms with Crippen LogP contribution >= 0.6 is 0 Å². The topological polar surface area (TPSA) is 108 Å². The molecule has 1 unspecified atom stereocenters. The van der Waals surface area contributed by atoms with E-state index in [4.69, 9.17) is 9.72 Å². The Bertz CT molecular complexity index is 1120. The molecule has 0 spiro atoms. The summed E-state index contributed by atoms with van der Waals surface area (Å²) in [5.41, 5.74) is 1.88. The highest BCUT2D eigenvalue weighted by Gasteiger charge is 2.38. The Balaban J connectivity index is 1.35. The number of anilines is 3. The summed E-state index contributed by atoms with van der Waals surface area (Å²) in [4.78, 5) is 23.7. The highest BCUT2D eigenvalue weighted by molar-refractivity contribution is 5.91. The van der Waals surface area contributed by atoms with E-state index < -0.39 is 0 Å². The SMILES string of the molecule is COC(=O)CCN1[C@@H]2CCC[C@H]1CC(Nc1nc(Nc3cc(C)[nH]n3)cc3ncccc13)C2. The van der Waals surface area contributed by atoms with E-state index in [0.29, 0.717) is 30.4 Å². The summed E-state index contributed by atoms with van der Waals surface area (Å²) in [6, 6.07) is 9.20. The van der Waals surface area contributed by atoms with Crippen molar-refractivity contribution in [1.82, 2.24) is 25.1 Å². The molecule has 2 aliphatic heterocycles. The minimum atomic E-state index is -0.132. The molecule has 2 saturated heterocycles. The van der Waals surface area contributed by atoms with E-state index in [1.54, 1.807) is 6.20 Å². The van der Waals surface area contributed by atoms with Gasteiger partial charge in [-0.25, -0.2) is 4.98 Å². The van der Waals surface area contributed by atoms with Crippen molar-refractivity contribution in [1.29, 1.82) is 0 Å². The first-order valence-corrected chi connectivity index (χ1v) is 11.7. The molecule has 0 saturated carbocycles. The predicted molar refractivity (Wildman–Crippen MR) is 128 cm³/mol. The number of ether oxygens (including phenoxy) is 1. The normalized spacial score (nSPS) is 22.8. The summed E-state index contributed by atoms with van der Waals surface area (Å²) < 4.78 is 4.86. The van der Waals surface area contributed by atoms with E-state index in [1.165, 1.54) is 26.4 Å². The van der Waals surface area contributed by atoms with Crippen LogP contribution in [0.4, 0.5) is 17.5 Å². The van der Waals surface area contributed by atoms with Crippen molar-refractivity contribution >= 4 is 34.3 Å². The molecule has 9 nitrogen and oxygen atoms in total. The summed E-state index contributed by atoms with van der Waals surface area (Å²) in [5.74, 6) is 2.16. The molecule has 0 radical (unpaired) electrons. The van der Waals surface area contributed by atoms with Crippen LogP contribution in [0.5, 0.6) is 0 Å². The van der Waals surface area contributed by atoms with Crippen molar-refractivity contribution in [3.63, 3.8) is 0 Å². The van der Waals surface area contributed by atoms with Gasteiger partial charge in [-0.05, 0) is 44.7 Å². The molecule has 174 valence electrons. The molecule has 9 heteroatoms. The number of carbonyl (C=O) groups is 1. The largest absolute Gasteiger partial charge is 0.469 e. The number of methoxy groups -OCH3 is 1. The summed E-state index contributed by atoms with van der Waals surface area (Å²) in [6.45, 7) is 2.75. The number of aromatic nitrogens is 4. The number of rotatable bonds is 7. The fourth-order valence-corrected chi connectivity index (χ4v) is 5.34. The molecule has 5 heterocycles. The van der Waals surface area contributed by atoms with Crippen molar-refractivity contribution in [3.05, 3.63) is 36.2 Å². The molecule has 0 amide bonds. The molecule has 3 atom stereocenters. The number of hydrogen-bond donors (Lipinski definition) is 3. The third-order valence-electron chi connectivity index (χ3n) is 6.83. The van der Waals surface area contributed by atoms with Gasteiger partial charge in [0.05, 0.1) is 19.0 Å². The number of hydrogen-bond acceptors (Lipinski definition) is 8. The summed E-state index contributed by atoms with van der Waals surface area (Å²) >= 11 is 0. The van der Waals surface area contributed by atoms with E-state index in [-0.39, 0.29) is 5.97 Å². The summed E-state index contributed by atoms with van der Waals surface area (Å²) in [5, 5.41) is 15.3. The zero-order chi connectivity index (χ0) is 22.8. The van der Waals surface area contributed by atoms with Crippen molar-refractivity contribution < 1.29 is 9.53 Å². The molecule has 2 aliphatic rings. The van der Waals surface area contributed by atoms with E-state index in [9.17, 15) is 4.79 Å². The van der Waals surface area contributed by atoms with Crippen LogP contribution in [0.3, 0.4) is 0 Å². The van der Waals surface area contributed by atoms with Crippen LogP contribution in [-0.2, 0) is 9.53 Å². The van der Waals surface area contributed by atoms with Crippen molar-refractivity contribution in [2.24, 2.45) is 0 Å². The molecule has 0 aromatic carbocycles. The zero-order valence-corrected chi connectivity index (χ0v) is 19.2. The number of aromatic amines is 1. The maximum Gasteiger partial charge on any atom is 0.306 e. The lowest BCUT2D eigenvalue weighted by Gasteiger charge is -2.49. The van der Waals surface area contributed by atoms with Gasteiger partial charge in [0.25, 0.3) is 0 Å². The number of H-pyrrole nitrogens is 1. The van der Waals surface area contributed by atoms with Gasteiger partial charge in [-0.15, -0.1) is 0 Å². The number of fused-ring (bicyclic) bond motifs is 3. The molecule has 5 rings (SSSR count). The second-order valence-corrected chi connectivity index (χ2v) is 9.10. The quantitative estimate of drug-likeness (QED) is 0.468. The van der Waals surface area contributed by atoms with Crippen LogP contribution < -0.4 is 10.6 Å². The smallest absolute Gasteiger partial charge is 0.306 e. The maximum absolute atomic E-state index is 11.7. The van der Waals surface area contributed by atoms with Crippen molar-refractivity contribution in [2.75, 3.05) is 24.3 Å². The van der Waals surface area contributed by atoms with E-state index in [0.717, 1.165) is 47.6 Å². The minimum Gasteiger partial charge on any atom is -0.469 e. The Morgan fingerprint density at radius 3 is 2.79 bits per heavy atom. The van der Waals surface area contributed by atoms with Crippen molar-refractivity contribution in [2.45, 2.75) is 63.6 Å². The van der Waals surface area contributed by atoms with Gasteiger partial charge in [-0.3, -0.25) is 19.8 Å². The molecule has 2 bridgehead atoms. The standard InChI is InChI=1S/C24H31N7O2/c1-15-11-22(30-29-15)27-21-14-20-19(7-4-9-25-20)24(28-21)26-16-12-17-5-3-6-18(13-16)31(17)10-8-23(32)33-2/h4,7,9,11,14,16-18H,3,5-6,8,10,12-13H2,1-2H3,(H3,26,27,28,29,30)/t16?,17-,18+. The Morgan fingerprint density at radius 2 is 2.06 bits per heavy atom. The second kappa shape index (κ2) is 9.35. The average Bonchev–Trinajstić information content (AvgIpc) is 3.21. The average molecular weight is 450 g/mol. The first kappa shape index (κ1) is 21.6. The van der Waals surface area contributed by atoms with Gasteiger partial charge in [0.1, 0.15) is 11.6 Å². The van der Waals surface area contributed by atoms with Crippen LogP contribution in [0, 0.1) is 6.92 Å². The fraction of sp³-hybridized carbons (Fsp3) is 0.500. The highest BCUT2D eigenvalue weighted by atomic mass is 16.5. The summed E-state index contributed by atoms with van der Waals surface area (Å²) in [6.07, 6.45) is 7.94. The van der Waals surface area contributed by atoms with Gasteiger partial charge in [-0.1, -0.05) is 6.42 Å². The third kappa shape index (κ3) is 4.78. The number of aryl methyl sites for hydroxylation is 1. The molecule has 3 N–H and O–H groups in total. The monoisotopic (exact) mass is 449 g/mol. The number of piperidine rings is 2. The van der Waals surface area contributed by atoms with Crippen LogP contribution in [-0.4, -0.2) is 62.8 Å². The number of pyridine rings is 2. The van der Waals surface area contributed by atoms with Gasteiger partial charge in [-0.2, -0.15) is 5.10 Å². The zero-order valence-electron chi connectivity index (χ0n) is 19.2. The lowest BCUT2D eigenvalue weighted by Crippen LogP contribution is -2.55. The number of carbonyl (C=O) groups excluding carboxylic acids is 1. The molecule has 3 aromatic heterocycles.